The summed E-state index contributed by atoms with van der Waals surface area (Å²) in [5.41, 5.74) is 2.26. The summed E-state index contributed by atoms with van der Waals surface area (Å²) >= 11 is 0. The first-order chi connectivity index (χ1) is 13.1. The van der Waals surface area contributed by atoms with Crippen LogP contribution >= 0.6 is 0 Å². The maximum atomic E-state index is 14.5. The molecule has 1 nitrogen and oxygen atoms in total. The summed E-state index contributed by atoms with van der Waals surface area (Å²) in [6.45, 7) is 6.14. The summed E-state index contributed by atoms with van der Waals surface area (Å²) < 4.78 is 34.1. The van der Waals surface area contributed by atoms with Crippen LogP contribution in [0.1, 0.15) is 56.9 Å². The van der Waals surface area contributed by atoms with Gasteiger partial charge in [-0.3, -0.25) is 0 Å². The average Bonchev–Trinajstić information content (AvgIpc) is 2.72. The summed E-state index contributed by atoms with van der Waals surface area (Å²) in [5, 5.41) is 0. The zero-order valence-electron chi connectivity index (χ0n) is 16.0. The highest BCUT2D eigenvalue weighted by Gasteiger charge is 2.21. The minimum Gasteiger partial charge on any atom is -0.490 e. The van der Waals surface area contributed by atoms with Gasteiger partial charge in [0, 0.05) is 5.56 Å². The van der Waals surface area contributed by atoms with Gasteiger partial charge in [0.1, 0.15) is 0 Å². The Hall–Kier alpha value is -2.16. The lowest BCUT2D eigenvalue weighted by Crippen LogP contribution is -2.12. The Kier molecular flexibility index (Phi) is 6.65. The number of hydrogen-bond acceptors (Lipinski definition) is 1. The van der Waals surface area contributed by atoms with Crippen molar-refractivity contribution in [3.05, 3.63) is 66.3 Å². The predicted molar refractivity (Wildman–Crippen MR) is 107 cm³/mol. The molecule has 1 aliphatic carbocycles. The van der Waals surface area contributed by atoms with Gasteiger partial charge in [0.15, 0.2) is 11.6 Å². The number of rotatable bonds is 7. The van der Waals surface area contributed by atoms with E-state index < -0.39 is 11.6 Å². The number of hydrogen-bond donors (Lipinski definition) is 0. The molecular formula is C24H28F2O. The van der Waals surface area contributed by atoms with Crippen LogP contribution in [0.15, 0.2) is 49.1 Å². The molecule has 0 spiro atoms. The third-order valence-corrected chi connectivity index (χ3v) is 5.74. The topological polar surface area (TPSA) is 9.23 Å². The lowest BCUT2D eigenvalue weighted by atomic mass is 9.77. The molecule has 0 heterocycles. The van der Waals surface area contributed by atoms with Gasteiger partial charge in [-0.25, -0.2) is 4.39 Å². The molecule has 0 radical (unpaired) electrons. The van der Waals surface area contributed by atoms with E-state index in [2.05, 4.69) is 25.6 Å². The van der Waals surface area contributed by atoms with Crippen LogP contribution in [0.5, 0.6) is 5.75 Å². The molecule has 0 unspecified atom stereocenters. The molecule has 3 heteroatoms. The van der Waals surface area contributed by atoms with Crippen LogP contribution in [-0.4, -0.2) is 6.61 Å². The summed E-state index contributed by atoms with van der Waals surface area (Å²) in [7, 11) is 0. The monoisotopic (exact) mass is 370 g/mol. The van der Waals surface area contributed by atoms with Gasteiger partial charge in [-0.2, -0.15) is 4.39 Å². The van der Waals surface area contributed by atoms with Crippen molar-refractivity contribution in [1.82, 2.24) is 0 Å². The molecule has 0 bridgehead atoms. The van der Waals surface area contributed by atoms with Crippen molar-refractivity contribution >= 4 is 0 Å². The standard InChI is InChI=1S/C24H28F2O/c1-3-5-16-27-22-15-14-21(23(25)24(22)26)20-12-10-19(11-13-20)18-8-6-17(4-2)7-9-18/h3,10-15,17-18H,1,4-9,16H2,2H3. The Morgan fingerprint density at radius 3 is 2.33 bits per heavy atom. The maximum Gasteiger partial charge on any atom is 0.201 e. The number of ether oxygens (including phenoxy) is 1. The van der Waals surface area contributed by atoms with Gasteiger partial charge < -0.3 is 4.74 Å². The zero-order chi connectivity index (χ0) is 19.2. The first-order valence-electron chi connectivity index (χ1n) is 9.96. The molecule has 144 valence electrons. The predicted octanol–water partition coefficient (Wildman–Crippen LogP) is 7.27. The first-order valence-corrected chi connectivity index (χ1v) is 9.96. The second-order valence-electron chi connectivity index (χ2n) is 7.41. The fourth-order valence-electron chi connectivity index (χ4n) is 3.96. The van der Waals surface area contributed by atoms with E-state index in [-0.39, 0.29) is 17.9 Å². The van der Waals surface area contributed by atoms with Gasteiger partial charge in [-0.15, -0.1) is 6.58 Å². The van der Waals surface area contributed by atoms with Crippen LogP contribution in [0.2, 0.25) is 0 Å². The zero-order valence-corrected chi connectivity index (χ0v) is 16.0. The van der Waals surface area contributed by atoms with Crippen molar-refractivity contribution in [2.75, 3.05) is 6.61 Å². The molecule has 0 N–H and O–H groups in total. The maximum absolute atomic E-state index is 14.5. The van der Waals surface area contributed by atoms with Crippen molar-refractivity contribution in [2.45, 2.75) is 51.4 Å². The Balaban J connectivity index is 1.73. The van der Waals surface area contributed by atoms with Crippen LogP contribution in [0.25, 0.3) is 11.1 Å². The number of benzene rings is 2. The van der Waals surface area contributed by atoms with Gasteiger partial charge in [0.25, 0.3) is 0 Å². The summed E-state index contributed by atoms with van der Waals surface area (Å²) in [5.74, 6) is -0.392. The van der Waals surface area contributed by atoms with Crippen LogP contribution in [0.3, 0.4) is 0 Å². The Morgan fingerprint density at radius 2 is 1.70 bits per heavy atom. The molecule has 1 aliphatic rings. The fraction of sp³-hybridized carbons (Fsp3) is 0.417. The lowest BCUT2D eigenvalue weighted by molar-refractivity contribution is 0.302. The molecule has 2 aromatic rings. The van der Waals surface area contributed by atoms with Gasteiger partial charge in [-0.1, -0.05) is 43.7 Å². The van der Waals surface area contributed by atoms with Crippen LogP contribution in [-0.2, 0) is 0 Å². The largest absolute Gasteiger partial charge is 0.490 e. The van der Waals surface area contributed by atoms with E-state index in [1.165, 1.54) is 43.7 Å². The SMILES string of the molecule is C=CCCOc1ccc(-c2ccc(C3CCC(CC)CC3)cc2)c(F)c1F. The molecular weight excluding hydrogens is 342 g/mol. The highest BCUT2D eigenvalue weighted by molar-refractivity contribution is 5.65. The highest BCUT2D eigenvalue weighted by atomic mass is 19.2. The fourth-order valence-corrected chi connectivity index (χ4v) is 3.96. The summed E-state index contributed by atoms with van der Waals surface area (Å²) in [6, 6.07) is 11.0. The molecule has 3 rings (SSSR count). The molecule has 1 saturated carbocycles. The van der Waals surface area contributed by atoms with E-state index in [1.54, 1.807) is 12.1 Å². The van der Waals surface area contributed by atoms with E-state index in [4.69, 9.17) is 4.74 Å². The van der Waals surface area contributed by atoms with E-state index in [9.17, 15) is 8.78 Å². The van der Waals surface area contributed by atoms with Gasteiger partial charge in [-0.05, 0) is 67.2 Å². The van der Waals surface area contributed by atoms with E-state index in [1.807, 2.05) is 12.1 Å². The molecule has 2 aromatic carbocycles. The van der Waals surface area contributed by atoms with Gasteiger partial charge >= 0.3 is 0 Å². The molecule has 27 heavy (non-hydrogen) atoms. The van der Waals surface area contributed by atoms with Gasteiger partial charge in [0.05, 0.1) is 6.61 Å². The van der Waals surface area contributed by atoms with Crippen molar-refractivity contribution in [3.8, 4) is 16.9 Å². The molecule has 1 fully saturated rings. The highest BCUT2D eigenvalue weighted by Crippen LogP contribution is 2.38. The van der Waals surface area contributed by atoms with Gasteiger partial charge in [0.2, 0.25) is 5.82 Å². The van der Waals surface area contributed by atoms with E-state index in [0.29, 0.717) is 17.9 Å². The Labute approximate surface area is 161 Å². The third kappa shape index (κ3) is 4.58. The van der Waals surface area contributed by atoms with E-state index >= 15 is 0 Å². The normalized spacial score (nSPS) is 19.7. The van der Waals surface area contributed by atoms with Crippen LogP contribution in [0.4, 0.5) is 8.78 Å². The summed E-state index contributed by atoms with van der Waals surface area (Å²) in [4.78, 5) is 0. The first kappa shape index (κ1) is 19.6. The second-order valence-corrected chi connectivity index (χ2v) is 7.41. The van der Waals surface area contributed by atoms with E-state index in [0.717, 1.165) is 5.92 Å². The Morgan fingerprint density at radius 1 is 1.00 bits per heavy atom. The summed E-state index contributed by atoms with van der Waals surface area (Å²) in [6.07, 6.45) is 8.55. The minimum atomic E-state index is -0.932. The molecule has 0 saturated heterocycles. The van der Waals surface area contributed by atoms with Crippen LogP contribution in [0, 0.1) is 17.6 Å². The molecule has 0 atom stereocenters. The minimum absolute atomic E-state index is 0.0533. The average molecular weight is 370 g/mol. The number of halogens is 2. The van der Waals surface area contributed by atoms with Crippen molar-refractivity contribution in [1.29, 1.82) is 0 Å². The molecule has 0 amide bonds. The third-order valence-electron chi connectivity index (χ3n) is 5.74. The van der Waals surface area contributed by atoms with Crippen LogP contribution < -0.4 is 4.74 Å². The second kappa shape index (κ2) is 9.16. The molecule has 0 aromatic heterocycles. The smallest absolute Gasteiger partial charge is 0.201 e. The quantitative estimate of drug-likeness (QED) is 0.368. The van der Waals surface area contributed by atoms with Crippen molar-refractivity contribution < 1.29 is 13.5 Å². The van der Waals surface area contributed by atoms with Crippen molar-refractivity contribution in [2.24, 2.45) is 5.92 Å². The molecule has 0 aliphatic heterocycles. The lowest BCUT2D eigenvalue weighted by Gasteiger charge is -2.28. The Bertz CT molecular complexity index is 759. The van der Waals surface area contributed by atoms with Crippen molar-refractivity contribution in [3.63, 3.8) is 0 Å².